The molecular formula is C16H14N4. The predicted molar refractivity (Wildman–Crippen MR) is 81.5 cm³/mol. The number of nitrogens with zero attached hydrogens (tertiary/aromatic N) is 4. The van der Waals surface area contributed by atoms with Gasteiger partial charge in [0, 0.05) is 26.2 Å². The molecule has 0 unspecified atom stereocenters. The average molecular weight is 262 g/mol. The molecule has 4 heterocycles. The fourth-order valence-electron chi connectivity index (χ4n) is 3.40. The quantitative estimate of drug-likeness (QED) is 0.582. The molecule has 0 radical (unpaired) electrons. The Bertz CT molecular complexity index is 834. The maximum absolute atomic E-state index is 4.88. The van der Waals surface area contributed by atoms with Gasteiger partial charge in [-0.15, -0.1) is 0 Å². The van der Waals surface area contributed by atoms with Crippen molar-refractivity contribution in [2.75, 3.05) is 36.0 Å². The van der Waals surface area contributed by atoms with Crippen molar-refractivity contribution in [1.29, 1.82) is 0 Å². The Morgan fingerprint density at radius 1 is 0.700 bits per heavy atom. The molecule has 0 spiro atoms. The van der Waals surface area contributed by atoms with Crippen molar-refractivity contribution >= 4 is 33.4 Å². The van der Waals surface area contributed by atoms with Crippen LogP contribution in [0.3, 0.4) is 0 Å². The Labute approximate surface area is 116 Å². The van der Waals surface area contributed by atoms with Gasteiger partial charge in [0.05, 0.1) is 27.9 Å². The number of hydrogen-bond acceptors (Lipinski definition) is 4. The summed E-state index contributed by atoms with van der Waals surface area (Å²) >= 11 is 0. The van der Waals surface area contributed by atoms with Crippen LogP contribution in [0.2, 0.25) is 0 Å². The summed E-state index contributed by atoms with van der Waals surface area (Å²) in [5.74, 6) is 0. The molecule has 20 heavy (non-hydrogen) atoms. The summed E-state index contributed by atoms with van der Waals surface area (Å²) in [4.78, 5) is 14.6. The second kappa shape index (κ2) is 3.60. The van der Waals surface area contributed by atoms with E-state index in [1.54, 1.807) is 0 Å². The molecule has 1 fully saturated rings. The van der Waals surface area contributed by atoms with Crippen LogP contribution in [0, 0.1) is 0 Å². The Kier molecular flexibility index (Phi) is 1.88. The lowest BCUT2D eigenvalue weighted by molar-refractivity contribution is 0.626. The van der Waals surface area contributed by atoms with Crippen molar-refractivity contribution < 1.29 is 0 Å². The van der Waals surface area contributed by atoms with E-state index in [9.17, 15) is 0 Å². The molecule has 4 nitrogen and oxygen atoms in total. The van der Waals surface area contributed by atoms with Crippen LogP contribution in [0.15, 0.2) is 36.4 Å². The molecule has 3 aliphatic rings. The smallest absolute Gasteiger partial charge is 0.115 e. The zero-order chi connectivity index (χ0) is 13.1. The summed E-state index contributed by atoms with van der Waals surface area (Å²) < 4.78 is 0. The lowest BCUT2D eigenvalue weighted by Gasteiger charge is -2.45. The largest absolute Gasteiger partial charge is 0.366 e. The first-order valence-electron chi connectivity index (χ1n) is 7.09. The maximum Gasteiger partial charge on any atom is 0.115 e. The number of rotatable bonds is 0. The van der Waals surface area contributed by atoms with Crippen molar-refractivity contribution in [3.63, 3.8) is 0 Å². The van der Waals surface area contributed by atoms with Gasteiger partial charge in [-0.25, -0.2) is 9.97 Å². The summed E-state index contributed by atoms with van der Waals surface area (Å²) in [6, 6.07) is 12.4. The van der Waals surface area contributed by atoms with E-state index < -0.39 is 0 Å². The first-order chi connectivity index (χ1) is 9.90. The lowest BCUT2D eigenvalue weighted by atomic mass is 10.1. The monoisotopic (exact) mass is 262 g/mol. The van der Waals surface area contributed by atoms with Gasteiger partial charge in [-0.05, 0) is 24.3 Å². The minimum absolute atomic E-state index is 0.969. The molecule has 0 saturated carbocycles. The van der Waals surface area contributed by atoms with Gasteiger partial charge in [-0.1, -0.05) is 12.1 Å². The number of piperazine rings is 1. The Morgan fingerprint density at radius 3 is 2.20 bits per heavy atom. The number of anilines is 2. The van der Waals surface area contributed by atoms with E-state index in [0.29, 0.717) is 0 Å². The molecule has 3 aliphatic heterocycles. The molecule has 1 saturated heterocycles. The highest BCUT2D eigenvalue weighted by Crippen LogP contribution is 2.40. The van der Waals surface area contributed by atoms with E-state index in [0.717, 1.165) is 48.2 Å². The van der Waals surface area contributed by atoms with Crippen molar-refractivity contribution in [3.05, 3.63) is 36.4 Å². The van der Waals surface area contributed by atoms with Gasteiger partial charge < -0.3 is 9.80 Å². The van der Waals surface area contributed by atoms with Crippen molar-refractivity contribution in [3.8, 4) is 0 Å². The summed E-state index contributed by atoms with van der Waals surface area (Å²) in [6.45, 7) is 4.44. The number of fused-ring (bicyclic) bond motifs is 4. The molecule has 0 amide bonds. The molecule has 0 N–H and O–H groups in total. The van der Waals surface area contributed by atoms with Crippen molar-refractivity contribution in [2.45, 2.75) is 0 Å². The van der Waals surface area contributed by atoms with Crippen LogP contribution in [-0.2, 0) is 0 Å². The topological polar surface area (TPSA) is 32.3 Å². The fraction of sp³-hybridized carbons (Fsp3) is 0.250. The second-order valence-electron chi connectivity index (χ2n) is 5.49. The summed E-state index contributed by atoms with van der Waals surface area (Å²) in [5, 5.41) is 0. The predicted octanol–water partition coefficient (Wildman–Crippen LogP) is 2.42. The van der Waals surface area contributed by atoms with Crippen LogP contribution in [0.25, 0.3) is 22.1 Å². The minimum atomic E-state index is 0.969. The molecule has 2 aromatic carbocycles. The van der Waals surface area contributed by atoms with Crippen LogP contribution in [-0.4, -0.2) is 36.1 Å². The maximum atomic E-state index is 4.88. The first-order valence-corrected chi connectivity index (χ1v) is 7.09. The standard InChI is InChI=1S/C16H14N4/c1-2-4-12-11(3-1)17-13-5-6-14-16(15(13)18-12)20-9-7-19(14)8-10-20/h1-6H,7-10H2. The average Bonchev–Trinajstić information content (AvgIpc) is 2.53. The molecule has 4 heteroatoms. The SMILES string of the molecule is c1ccc2nc3c4c(ccc3nc2c1)N1CCN4CC1. The number of benzene rings is 2. The summed E-state index contributed by atoms with van der Waals surface area (Å²) in [5.41, 5.74) is 6.59. The fourth-order valence-corrected chi connectivity index (χ4v) is 3.40. The van der Waals surface area contributed by atoms with Crippen LogP contribution in [0.4, 0.5) is 11.4 Å². The van der Waals surface area contributed by atoms with Gasteiger partial charge in [0.25, 0.3) is 0 Å². The molecule has 98 valence electrons. The van der Waals surface area contributed by atoms with Gasteiger partial charge in [0.15, 0.2) is 0 Å². The molecule has 1 aromatic heterocycles. The van der Waals surface area contributed by atoms with E-state index >= 15 is 0 Å². The molecular weight excluding hydrogens is 248 g/mol. The van der Waals surface area contributed by atoms with Gasteiger partial charge in [0.1, 0.15) is 5.52 Å². The number of para-hydroxylation sites is 2. The highest BCUT2D eigenvalue weighted by Gasteiger charge is 2.30. The van der Waals surface area contributed by atoms with E-state index in [1.165, 1.54) is 11.4 Å². The number of aromatic nitrogens is 2. The third kappa shape index (κ3) is 1.26. The number of hydrogen-bond donors (Lipinski definition) is 0. The third-order valence-corrected chi connectivity index (χ3v) is 4.40. The molecule has 0 atom stereocenters. The van der Waals surface area contributed by atoms with E-state index in [1.807, 2.05) is 24.3 Å². The van der Waals surface area contributed by atoms with Crippen LogP contribution in [0.5, 0.6) is 0 Å². The normalized spacial score (nSPS) is 17.0. The molecule has 6 rings (SSSR count). The van der Waals surface area contributed by atoms with Gasteiger partial charge in [-0.3, -0.25) is 0 Å². The van der Waals surface area contributed by atoms with E-state index in [4.69, 9.17) is 9.97 Å². The Hall–Kier alpha value is -2.36. The Balaban J connectivity index is 1.91. The summed E-state index contributed by atoms with van der Waals surface area (Å²) in [7, 11) is 0. The van der Waals surface area contributed by atoms with E-state index in [2.05, 4.69) is 21.9 Å². The third-order valence-electron chi connectivity index (χ3n) is 4.40. The first kappa shape index (κ1) is 10.4. The highest BCUT2D eigenvalue weighted by molar-refractivity contribution is 6.00. The van der Waals surface area contributed by atoms with Crippen LogP contribution in [0.1, 0.15) is 0 Å². The van der Waals surface area contributed by atoms with Gasteiger partial charge in [-0.2, -0.15) is 0 Å². The van der Waals surface area contributed by atoms with Crippen LogP contribution >= 0.6 is 0 Å². The molecule has 2 bridgehead atoms. The second-order valence-corrected chi connectivity index (χ2v) is 5.49. The van der Waals surface area contributed by atoms with Crippen LogP contribution < -0.4 is 9.80 Å². The minimum Gasteiger partial charge on any atom is -0.366 e. The summed E-state index contributed by atoms with van der Waals surface area (Å²) in [6.07, 6.45) is 0. The Morgan fingerprint density at radius 2 is 1.40 bits per heavy atom. The highest BCUT2D eigenvalue weighted by atomic mass is 15.3. The van der Waals surface area contributed by atoms with Crippen molar-refractivity contribution in [1.82, 2.24) is 9.97 Å². The van der Waals surface area contributed by atoms with Gasteiger partial charge >= 0.3 is 0 Å². The lowest BCUT2D eigenvalue weighted by Crippen LogP contribution is -2.51. The zero-order valence-corrected chi connectivity index (χ0v) is 11.1. The van der Waals surface area contributed by atoms with E-state index in [-0.39, 0.29) is 0 Å². The molecule has 3 aromatic rings. The molecule has 0 aliphatic carbocycles. The van der Waals surface area contributed by atoms with Crippen molar-refractivity contribution in [2.24, 2.45) is 0 Å². The van der Waals surface area contributed by atoms with Gasteiger partial charge in [0.2, 0.25) is 0 Å². The zero-order valence-electron chi connectivity index (χ0n) is 11.1.